The van der Waals surface area contributed by atoms with Crippen LogP contribution in [-0.2, 0) is 0 Å². The molecule has 84 valence electrons. The molecule has 1 aromatic heterocycles. The highest BCUT2D eigenvalue weighted by molar-refractivity contribution is 5.59. The molecule has 0 unspecified atom stereocenters. The molecule has 0 aliphatic carbocycles. The van der Waals surface area contributed by atoms with Crippen LogP contribution in [-0.4, -0.2) is 25.7 Å². The maximum absolute atomic E-state index is 9.00. The molecule has 0 amide bonds. The van der Waals surface area contributed by atoms with Gasteiger partial charge in [-0.15, -0.1) is 6.42 Å². The van der Waals surface area contributed by atoms with Gasteiger partial charge in [0.1, 0.15) is 17.7 Å². The number of hydrogen-bond acceptors (Lipinski definition) is 5. The molecule has 0 radical (unpaired) electrons. The zero-order valence-corrected chi connectivity index (χ0v) is 9.56. The Labute approximate surface area is 99.9 Å². The highest BCUT2D eigenvalue weighted by Crippen LogP contribution is 2.24. The van der Waals surface area contributed by atoms with Crippen LogP contribution in [0.25, 0.3) is 0 Å². The van der Waals surface area contributed by atoms with E-state index in [4.69, 9.17) is 21.7 Å². The summed E-state index contributed by atoms with van der Waals surface area (Å²) >= 11 is 0. The molecular formula is C12H10N4O. The van der Waals surface area contributed by atoms with Crippen LogP contribution in [0.15, 0.2) is 6.07 Å². The van der Waals surface area contributed by atoms with E-state index in [9.17, 15) is 0 Å². The fraction of sp³-hybridized carbons (Fsp3) is 0.250. The quantitative estimate of drug-likeness (QED) is 0.716. The van der Waals surface area contributed by atoms with E-state index in [1.165, 1.54) is 13.2 Å². The first-order valence-electron chi connectivity index (χ1n) is 4.71. The van der Waals surface area contributed by atoms with Crippen LogP contribution in [0.4, 0.5) is 5.82 Å². The van der Waals surface area contributed by atoms with Gasteiger partial charge in [-0.05, 0) is 6.07 Å². The van der Waals surface area contributed by atoms with Gasteiger partial charge in [0.25, 0.3) is 0 Å². The molecular weight excluding hydrogens is 216 g/mol. The largest absolute Gasteiger partial charge is 0.480 e. The minimum absolute atomic E-state index is 0.186. The van der Waals surface area contributed by atoms with Crippen molar-refractivity contribution in [2.75, 3.05) is 25.6 Å². The lowest BCUT2D eigenvalue weighted by Crippen LogP contribution is -2.20. The average Bonchev–Trinajstić information content (AvgIpc) is 2.37. The Kier molecular flexibility index (Phi) is 3.92. The monoisotopic (exact) mass is 226 g/mol. The number of nitrogens with zero attached hydrogens (tertiary/aromatic N) is 4. The Morgan fingerprint density at radius 3 is 2.53 bits per heavy atom. The number of nitriles is 2. The second kappa shape index (κ2) is 5.39. The Balaban J connectivity index is 3.37. The molecule has 1 rings (SSSR count). The first-order valence-corrected chi connectivity index (χ1v) is 4.71. The van der Waals surface area contributed by atoms with E-state index in [0.29, 0.717) is 17.9 Å². The second-order valence-corrected chi connectivity index (χ2v) is 3.20. The molecule has 0 aliphatic rings. The summed E-state index contributed by atoms with van der Waals surface area (Å²) in [7, 11) is 3.13. The Morgan fingerprint density at radius 1 is 1.41 bits per heavy atom. The average molecular weight is 226 g/mol. The topological polar surface area (TPSA) is 72.9 Å². The van der Waals surface area contributed by atoms with Crippen molar-refractivity contribution in [2.45, 2.75) is 0 Å². The first-order chi connectivity index (χ1) is 8.17. The smallest absolute Gasteiger partial charge is 0.233 e. The van der Waals surface area contributed by atoms with Crippen LogP contribution in [0, 0.1) is 35.0 Å². The molecule has 0 spiro atoms. The van der Waals surface area contributed by atoms with Crippen LogP contribution in [0.1, 0.15) is 11.1 Å². The lowest BCUT2D eigenvalue weighted by molar-refractivity contribution is 0.396. The standard InChI is InChI=1S/C12H10N4O/c1-4-5-16(2)11-9(7-13)6-10(8-14)12(15-11)17-3/h1,6H,5H2,2-3H3. The van der Waals surface area contributed by atoms with E-state index in [1.54, 1.807) is 11.9 Å². The summed E-state index contributed by atoms with van der Waals surface area (Å²) in [5, 5.41) is 17.9. The third-order valence-corrected chi connectivity index (χ3v) is 2.09. The molecule has 5 nitrogen and oxygen atoms in total. The van der Waals surface area contributed by atoms with Crippen LogP contribution in [0.3, 0.4) is 0 Å². The van der Waals surface area contributed by atoms with Crippen molar-refractivity contribution in [1.82, 2.24) is 4.98 Å². The summed E-state index contributed by atoms with van der Waals surface area (Å²) in [6, 6.07) is 5.34. The van der Waals surface area contributed by atoms with E-state index < -0.39 is 0 Å². The van der Waals surface area contributed by atoms with Crippen molar-refractivity contribution in [2.24, 2.45) is 0 Å². The van der Waals surface area contributed by atoms with Crippen LogP contribution >= 0.6 is 0 Å². The van der Waals surface area contributed by atoms with Gasteiger partial charge in [-0.25, -0.2) is 0 Å². The normalized spacial score (nSPS) is 8.65. The molecule has 1 aromatic rings. The predicted molar refractivity (Wildman–Crippen MR) is 62.3 cm³/mol. The van der Waals surface area contributed by atoms with Gasteiger partial charge in [0.15, 0.2) is 5.82 Å². The van der Waals surface area contributed by atoms with Gasteiger partial charge in [0, 0.05) is 7.05 Å². The second-order valence-electron chi connectivity index (χ2n) is 3.20. The summed E-state index contributed by atoms with van der Waals surface area (Å²) in [4.78, 5) is 5.76. The molecule has 0 aromatic carbocycles. The number of methoxy groups -OCH3 is 1. The van der Waals surface area contributed by atoms with Gasteiger partial charge < -0.3 is 9.64 Å². The molecule has 0 saturated heterocycles. The van der Waals surface area contributed by atoms with Gasteiger partial charge in [0.05, 0.1) is 19.2 Å². The zero-order chi connectivity index (χ0) is 12.8. The van der Waals surface area contributed by atoms with Gasteiger partial charge in [0.2, 0.25) is 5.88 Å². The molecule has 0 aliphatic heterocycles. The van der Waals surface area contributed by atoms with Crippen LogP contribution < -0.4 is 9.64 Å². The molecule has 0 saturated carbocycles. The Hall–Kier alpha value is -2.71. The Morgan fingerprint density at radius 2 is 2.06 bits per heavy atom. The third-order valence-electron chi connectivity index (χ3n) is 2.09. The minimum Gasteiger partial charge on any atom is -0.480 e. The number of rotatable bonds is 3. The fourth-order valence-corrected chi connectivity index (χ4v) is 1.31. The van der Waals surface area contributed by atoms with Crippen molar-refractivity contribution in [3.63, 3.8) is 0 Å². The van der Waals surface area contributed by atoms with Crippen molar-refractivity contribution in [3.05, 3.63) is 17.2 Å². The molecule has 17 heavy (non-hydrogen) atoms. The minimum atomic E-state index is 0.186. The maximum Gasteiger partial charge on any atom is 0.233 e. The van der Waals surface area contributed by atoms with Crippen LogP contribution in [0.5, 0.6) is 5.88 Å². The third kappa shape index (κ3) is 2.45. The van der Waals surface area contributed by atoms with E-state index in [1.807, 2.05) is 12.1 Å². The summed E-state index contributed by atoms with van der Waals surface area (Å²) in [5.41, 5.74) is 0.516. The summed E-state index contributed by atoms with van der Waals surface area (Å²) in [6.07, 6.45) is 5.20. The van der Waals surface area contributed by atoms with E-state index in [2.05, 4.69) is 10.9 Å². The maximum atomic E-state index is 9.00. The number of aromatic nitrogens is 1. The highest BCUT2D eigenvalue weighted by atomic mass is 16.5. The van der Waals surface area contributed by atoms with Gasteiger partial charge in [-0.2, -0.15) is 15.5 Å². The number of hydrogen-bond donors (Lipinski definition) is 0. The molecule has 1 heterocycles. The molecule has 5 heteroatoms. The molecule has 0 bridgehead atoms. The van der Waals surface area contributed by atoms with Gasteiger partial charge in [-0.1, -0.05) is 5.92 Å². The lowest BCUT2D eigenvalue weighted by atomic mass is 10.2. The first kappa shape index (κ1) is 12.4. The molecule has 0 N–H and O–H groups in total. The van der Waals surface area contributed by atoms with Gasteiger partial charge in [-0.3, -0.25) is 0 Å². The summed E-state index contributed by atoms with van der Waals surface area (Å²) < 4.78 is 4.98. The summed E-state index contributed by atoms with van der Waals surface area (Å²) in [6.45, 7) is 0.316. The van der Waals surface area contributed by atoms with Crippen molar-refractivity contribution >= 4 is 5.82 Å². The van der Waals surface area contributed by atoms with E-state index >= 15 is 0 Å². The zero-order valence-electron chi connectivity index (χ0n) is 9.56. The van der Waals surface area contributed by atoms with Gasteiger partial charge >= 0.3 is 0 Å². The number of pyridine rings is 1. The van der Waals surface area contributed by atoms with Crippen molar-refractivity contribution in [3.8, 4) is 30.4 Å². The number of ether oxygens (including phenoxy) is 1. The lowest BCUT2D eigenvalue weighted by Gasteiger charge is -2.17. The predicted octanol–water partition coefficient (Wildman–Crippen LogP) is 0.903. The highest BCUT2D eigenvalue weighted by Gasteiger charge is 2.14. The van der Waals surface area contributed by atoms with E-state index in [-0.39, 0.29) is 11.4 Å². The van der Waals surface area contributed by atoms with Crippen molar-refractivity contribution < 1.29 is 4.74 Å². The number of anilines is 1. The van der Waals surface area contributed by atoms with E-state index in [0.717, 1.165) is 0 Å². The summed E-state index contributed by atoms with van der Waals surface area (Å²) in [5.74, 6) is 3.04. The number of terminal acetylenes is 1. The molecule has 0 fully saturated rings. The van der Waals surface area contributed by atoms with Crippen LogP contribution in [0.2, 0.25) is 0 Å². The molecule has 0 atom stereocenters. The van der Waals surface area contributed by atoms with Crippen molar-refractivity contribution in [1.29, 1.82) is 10.5 Å². The Bertz CT molecular complexity index is 545. The fourth-order valence-electron chi connectivity index (χ4n) is 1.31. The SMILES string of the molecule is C#CCN(C)c1nc(OC)c(C#N)cc1C#N.